The molecule has 1 aromatic carbocycles. The zero-order chi connectivity index (χ0) is 16.9. The molecule has 1 amide bonds. The Bertz CT molecular complexity index is 637. The summed E-state index contributed by atoms with van der Waals surface area (Å²) in [4.78, 5) is 12.2. The summed E-state index contributed by atoms with van der Waals surface area (Å²) in [5.41, 5.74) is 2.10. The Morgan fingerprint density at radius 1 is 1.30 bits per heavy atom. The third-order valence-electron chi connectivity index (χ3n) is 4.06. The van der Waals surface area contributed by atoms with Crippen LogP contribution in [0.1, 0.15) is 24.0 Å². The number of benzene rings is 1. The molecule has 0 saturated carbocycles. The molecule has 1 heterocycles. The van der Waals surface area contributed by atoms with Crippen LogP contribution in [0.5, 0.6) is 0 Å². The van der Waals surface area contributed by atoms with Crippen molar-refractivity contribution >= 4 is 15.9 Å². The molecular formula is C16H24N2O4S. The number of carbonyl (C=O) groups is 1. The van der Waals surface area contributed by atoms with Crippen molar-refractivity contribution in [3.8, 4) is 0 Å². The van der Waals surface area contributed by atoms with Gasteiger partial charge >= 0.3 is 0 Å². The van der Waals surface area contributed by atoms with Crippen LogP contribution in [-0.4, -0.2) is 45.1 Å². The first kappa shape index (κ1) is 17.9. The first-order chi connectivity index (χ1) is 10.9. The number of amides is 1. The lowest BCUT2D eigenvalue weighted by Gasteiger charge is -2.29. The van der Waals surface area contributed by atoms with Crippen molar-refractivity contribution in [3.63, 3.8) is 0 Å². The fraction of sp³-hybridized carbons (Fsp3) is 0.562. The molecule has 1 aromatic rings. The average molecular weight is 340 g/mol. The Kier molecular flexibility index (Phi) is 6.15. The fourth-order valence-electron chi connectivity index (χ4n) is 2.78. The molecule has 1 fully saturated rings. The molecule has 0 radical (unpaired) electrons. The molecule has 1 aliphatic rings. The zero-order valence-electron chi connectivity index (χ0n) is 13.6. The molecule has 0 aromatic heterocycles. The van der Waals surface area contributed by atoms with E-state index in [4.69, 9.17) is 4.74 Å². The highest BCUT2D eigenvalue weighted by molar-refractivity contribution is 7.88. The molecule has 0 unspecified atom stereocenters. The number of hydrogen-bond acceptors (Lipinski definition) is 4. The molecule has 23 heavy (non-hydrogen) atoms. The number of rotatable bonds is 6. The number of methoxy groups -OCH3 is 1. The van der Waals surface area contributed by atoms with Gasteiger partial charge in [-0.15, -0.1) is 0 Å². The van der Waals surface area contributed by atoms with Gasteiger partial charge in [-0.1, -0.05) is 24.3 Å². The van der Waals surface area contributed by atoms with Crippen LogP contribution >= 0.6 is 0 Å². The second-order valence-electron chi connectivity index (χ2n) is 5.91. The SMILES string of the molecule is COCc1cccc(CNC(=O)C2CCN(S(C)(=O)=O)CC2)c1. The lowest BCUT2D eigenvalue weighted by Crippen LogP contribution is -2.42. The van der Waals surface area contributed by atoms with Gasteiger partial charge in [0.2, 0.25) is 15.9 Å². The summed E-state index contributed by atoms with van der Waals surface area (Å²) < 4.78 is 29.5. The predicted octanol–water partition coefficient (Wildman–Crippen LogP) is 1.12. The number of carbonyl (C=O) groups excluding carboxylic acids is 1. The molecule has 1 saturated heterocycles. The van der Waals surface area contributed by atoms with Gasteiger partial charge in [-0.3, -0.25) is 4.79 Å². The summed E-state index contributed by atoms with van der Waals surface area (Å²) >= 11 is 0. The minimum atomic E-state index is -3.15. The second kappa shape index (κ2) is 7.90. The van der Waals surface area contributed by atoms with Crippen LogP contribution in [0, 0.1) is 5.92 Å². The zero-order valence-corrected chi connectivity index (χ0v) is 14.4. The van der Waals surface area contributed by atoms with Gasteiger partial charge in [-0.25, -0.2) is 12.7 Å². The van der Waals surface area contributed by atoms with Gasteiger partial charge in [-0.05, 0) is 24.0 Å². The number of nitrogens with zero attached hydrogens (tertiary/aromatic N) is 1. The van der Waals surface area contributed by atoms with Gasteiger partial charge < -0.3 is 10.1 Å². The average Bonchev–Trinajstić information content (AvgIpc) is 2.53. The molecule has 1 aliphatic heterocycles. The quantitative estimate of drug-likeness (QED) is 0.842. The van der Waals surface area contributed by atoms with E-state index in [1.165, 1.54) is 10.6 Å². The largest absolute Gasteiger partial charge is 0.380 e. The summed E-state index contributed by atoms with van der Waals surface area (Å²) in [7, 11) is -1.50. The maximum atomic E-state index is 12.2. The standard InChI is InChI=1S/C16H24N2O4S/c1-22-12-14-5-3-4-13(10-14)11-17-16(19)15-6-8-18(9-7-15)23(2,20)21/h3-5,10,15H,6-9,11-12H2,1-2H3,(H,17,19). The third-order valence-corrected chi connectivity index (χ3v) is 5.37. The van der Waals surface area contributed by atoms with Gasteiger partial charge in [0, 0.05) is 32.7 Å². The van der Waals surface area contributed by atoms with E-state index in [1.54, 1.807) is 7.11 Å². The predicted molar refractivity (Wildman–Crippen MR) is 88.1 cm³/mol. The molecule has 128 valence electrons. The van der Waals surface area contributed by atoms with Gasteiger partial charge in [0.15, 0.2) is 0 Å². The monoisotopic (exact) mass is 340 g/mol. The van der Waals surface area contributed by atoms with Crippen molar-refractivity contribution in [3.05, 3.63) is 35.4 Å². The summed E-state index contributed by atoms with van der Waals surface area (Å²) in [6.45, 7) is 1.86. The first-order valence-electron chi connectivity index (χ1n) is 7.69. The Morgan fingerprint density at radius 3 is 2.57 bits per heavy atom. The number of ether oxygens (including phenoxy) is 1. The van der Waals surface area contributed by atoms with Crippen molar-refractivity contribution in [2.24, 2.45) is 5.92 Å². The van der Waals surface area contributed by atoms with E-state index in [1.807, 2.05) is 24.3 Å². The topological polar surface area (TPSA) is 75.7 Å². The smallest absolute Gasteiger partial charge is 0.223 e. The highest BCUT2D eigenvalue weighted by Gasteiger charge is 2.28. The minimum absolute atomic E-state index is 0.00436. The van der Waals surface area contributed by atoms with Crippen molar-refractivity contribution in [1.82, 2.24) is 9.62 Å². The third kappa shape index (κ3) is 5.30. The van der Waals surface area contributed by atoms with Crippen LogP contribution in [0.2, 0.25) is 0 Å². The van der Waals surface area contributed by atoms with Crippen LogP contribution in [0.3, 0.4) is 0 Å². The van der Waals surface area contributed by atoms with E-state index in [2.05, 4.69) is 5.32 Å². The lowest BCUT2D eigenvalue weighted by molar-refractivity contribution is -0.126. The molecule has 0 bridgehead atoms. The van der Waals surface area contributed by atoms with Crippen molar-refractivity contribution in [2.45, 2.75) is 26.0 Å². The maximum Gasteiger partial charge on any atom is 0.223 e. The van der Waals surface area contributed by atoms with E-state index in [0.29, 0.717) is 39.1 Å². The van der Waals surface area contributed by atoms with Crippen LogP contribution in [-0.2, 0) is 32.7 Å². The van der Waals surface area contributed by atoms with E-state index in [0.717, 1.165) is 11.1 Å². The Hall–Kier alpha value is -1.44. The first-order valence-corrected chi connectivity index (χ1v) is 9.54. The minimum Gasteiger partial charge on any atom is -0.380 e. The molecule has 1 N–H and O–H groups in total. The van der Waals surface area contributed by atoms with Gasteiger partial charge in [0.25, 0.3) is 0 Å². The van der Waals surface area contributed by atoms with Crippen LogP contribution in [0.25, 0.3) is 0 Å². The van der Waals surface area contributed by atoms with Crippen LogP contribution < -0.4 is 5.32 Å². The number of sulfonamides is 1. The summed E-state index contributed by atoms with van der Waals surface area (Å²) in [6, 6.07) is 7.90. The van der Waals surface area contributed by atoms with E-state index >= 15 is 0 Å². The Labute approximate surface area is 137 Å². The Balaban J connectivity index is 1.83. The lowest BCUT2D eigenvalue weighted by atomic mass is 9.97. The van der Waals surface area contributed by atoms with E-state index < -0.39 is 10.0 Å². The van der Waals surface area contributed by atoms with Crippen molar-refractivity contribution in [1.29, 1.82) is 0 Å². The van der Waals surface area contributed by atoms with Crippen LogP contribution in [0.4, 0.5) is 0 Å². The number of piperidine rings is 1. The number of hydrogen-bond donors (Lipinski definition) is 1. The molecular weight excluding hydrogens is 316 g/mol. The molecule has 0 atom stereocenters. The maximum absolute atomic E-state index is 12.2. The fourth-order valence-corrected chi connectivity index (χ4v) is 3.65. The molecule has 2 rings (SSSR count). The van der Waals surface area contributed by atoms with Gasteiger partial charge in [0.05, 0.1) is 12.9 Å². The molecule has 0 aliphatic carbocycles. The molecule has 6 nitrogen and oxygen atoms in total. The van der Waals surface area contributed by atoms with Crippen molar-refractivity contribution in [2.75, 3.05) is 26.5 Å². The number of nitrogens with one attached hydrogen (secondary N) is 1. The molecule has 0 spiro atoms. The highest BCUT2D eigenvalue weighted by atomic mass is 32.2. The summed E-state index contributed by atoms with van der Waals surface area (Å²) in [5.74, 6) is -0.120. The van der Waals surface area contributed by atoms with Crippen molar-refractivity contribution < 1.29 is 17.9 Å². The normalized spacial score (nSPS) is 17.1. The summed E-state index contributed by atoms with van der Waals surface area (Å²) in [6.07, 6.45) is 2.35. The molecule has 7 heteroatoms. The Morgan fingerprint density at radius 2 is 1.96 bits per heavy atom. The van der Waals surface area contributed by atoms with Crippen LogP contribution in [0.15, 0.2) is 24.3 Å². The van der Waals surface area contributed by atoms with Gasteiger partial charge in [-0.2, -0.15) is 0 Å². The van der Waals surface area contributed by atoms with E-state index in [-0.39, 0.29) is 11.8 Å². The second-order valence-corrected chi connectivity index (χ2v) is 7.89. The van der Waals surface area contributed by atoms with Gasteiger partial charge in [0.1, 0.15) is 0 Å². The van der Waals surface area contributed by atoms with E-state index in [9.17, 15) is 13.2 Å². The highest BCUT2D eigenvalue weighted by Crippen LogP contribution is 2.19. The summed E-state index contributed by atoms with van der Waals surface area (Å²) in [5, 5.41) is 2.94.